The molecule has 2 aromatic rings. The lowest BCUT2D eigenvalue weighted by Crippen LogP contribution is -2.51. The largest absolute Gasteiger partial charge is 0.354 e. The molecule has 0 aliphatic carbocycles. The van der Waals surface area contributed by atoms with Crippen LogP contribution in [0.15, 0.2) is 36.4 Å². The Bertz CT molecular complexity index is 1160. The van der Waals surface area contributed by atoms with E-state index in [-0.39, 0.29) is 18.1 Å². The number of nitrogens with one attached hydrogen (secondary N) is 1. The molecule has 11 heteroatoms. The number of amides is 2. The van der Waals surface area contributed by atoms with Gasteiger partial charge in [0.05, 0.1) is 11.9 Å². The van der Waals surface area contributed by atoms with E-state index in [4.69, 9.17) is 34.8 Å². The van der Waals surface area contributed by atoms with Gasteiger partial charge in [0, 0.05) is 28.2 Å². The number of hydrogen-bond acceptors (Lipinski definition) is 4. The van der Waals surface area contributed by atoms with Gasteiger partial charge in [-0.25, -0.2) is 8.42 Å². The lowest BCUT2D eigenvalue weighted by molar-refractivity contribution is -0.139. The molecule has 0 bridgehead atoms. The summed E-state index contributed by atoms with van der Waals surface area (Å²) in [7, 11) is -3.85. The molecule has 0 aliphatic heterocycles. The normalized spacial score (nSPS) is 12.2. The van der Waals surface area contributed by atoms with E-state index in [0.29, 0.717) is 32.7 Å². The molecule has 0 fully saturated rings. The van der Waals surface area contributed by atoms with E-state index >= 15 is 0 Å². The summed E-state index contributed by atoms with van der Waals surface area (Å²) >= 11 is 18.4. The molecule has 0 saturated heterocycles. The fourth-order valence-corrected chi connectivity index (χ4v) is 4.79. The predicted octanol–water partition coefficient (Wildman–Crippen LogP) is 4.66. The number of carbonyl (C=O) groups is 2. The van der Waals surface area contributed by atoms with E-state index in [1.807, 2.05) is 6.92 Å². The van der Waals surface area contributed by atoms with Crippen molar-refractivity contribution in [2.75, 3.05) is 23.7 Å². The minimum atomic E-state index is -3.85. The van der Waals surface area contributed by atoms with Gasteiger partial charge in [-0.05, 0) is 55.7 Å². The van der Waals surface area contributed by atoms with E-state index in [2.05, 4.69) is 5.32 Å². The molecule has 2 aromatic carbocycles. The number of anilines is 1. The number of rotatable bonds is 10. The second-order valence-electron chi connectivity index (χ2n) is 7.92. The quantitative estimate of drug-likeness (QED) is 0.468. The molecule has 0 spiro atoms. The Kier molecular flexibility index (Phi) is 10.1. The van der Waals surface area contributed by atoms with Crippen LogP contribution in [-0.4, -0.2) is 50.5 Å². The molecule has 1 atom stereocenters. The predicted molar refractivity (Wildman–Crippen MR) is 138 cm³/mol. The summed E-state index contributed by atoms with van der Waals surface area (Å²) in [5.41, 5.74) is 1.49. The van der Waals surface area contributed by atoms with Gasteiger partial charge < -0.3 is 10.2 Å². The van der Waals surface area contributed by atoms with Crippen LogP contribution < -0.4 is 9.62 Å². The molecule has 0 radical (unpaired) electrons. The molecule has 1 N–H and O–H groups in total. The van der Waals surface area contributed by atoms with Crippen LogP contribution in [0, 0.1) is 6.92 Å². The first-order valence-corrected chi connectivity index (χ1v) is 13.6. The number of halogens is 3. The number of nitrogens with zero attached hydrogens (tertiary/aromatic N) is 2. The van der Waals surface area contributed by atoms with Gasteiger partial charge in [-0.1, -0.05) is 53.9 Å². The molecule has 0 unspecified atom stereocenters. The zero-order valence-corrected chi connectivity index (χ0v) is 22.5. The standard InChI is InChI=1S/C23H28Cl3N3O4S/c1-5-10-27-23(31)16(3)28(13-17-7-9-18(24)11-20(17)26)22(30)14-29(34(4,32)33)21-12-19(25)8-6-15(21)2/h6-9,11-12,16H,5,10,13-14H2,1-4H3,(H,27,31)/t16-/m1/s1. The van der Waals surface area contributed by atoms with Crippen LogP contribution in [0.1, 0.15) is 31.4 Å². The maximum atomic E-state index is 13.5. The molecular formula is C23H28Cl3N3O4S. The Morgan fingerprint density at radius 1 is 1.06 bits per heavy atom. The molecule has 0 heterocycles. The highest BCUT2D eigenvalue weighted by molar-refractivity contribution is 7.92. The average Bonchev–Trinajstić information content (AvgIpc) is 2.75. The van der Waals surface area contributed by atoms with Crippen molar-refractivity contribution in [1.82, 2.24) is 10.2 Å². The Morgan fingerprint density at radius 3 is 2.26 bits per heavy atom. The van der Waals surface area contributed by atoms with Gasteiger partial charge in [0.2, 0.25) is 21.8 Å². The number of sulfonamides is 1. The van der Waals surface area contributed by atoms with Crippen molar-refractivity contribution >= 4 is 62.3 Å². The number of hydrogen-bond donors (Lipinski definition) is 1. The smallest absolute Gasteiger partial charge is 0.244 e. The monoisotopic (exact) mass is 547 g/mol. The van der Waals surface area contributed by atoms with Crippen LogP contribution in [-0.2, 0) is 26.2 Å². The molecule has 2 amide bonds. The second kappa shape index (κ2) is 12.1. The molecule has 0 aromatic heterocycles. The summed E-state index contributed by atoms with van der Waals surface area (Å²) in [5, 5.41) is 3.87. The fraction of sp³-hybridized carbons (Fsp3) is 0.391. The zero-order valence-electron chi connectivity index (χ0n) is 19.4. The summed E-state index contributed by atoms with van der Waals surface area (Å²) in [4.78, 5) is 27.5. The van der Waals surface area contributed by atoms with Crippen molar-refractivity contribution in [1.29, 1.82) is 0 Å². The SMILES string of the molecule is CCCNC(=O)[C@@H](C)N(Cc1ccc(Cl)cc1Cl)C(=O)CN(c1cc(Cl)ccc1C)S(C)(=O)=O. The highest BCUT2D eigenvalue weighted by atomic mass is 35.5. The first kappa shape index (κ1) is 28.2. The van der Waals surface area contributed by atoms with Crippen LogP contribution in [0.5, 0.6) is 0 Å². The van der Waals surface area contributed by atoms with Gasteiger partial charge in [0.25, 0.3) is 0 Å². The van der Waals surface area contributed by atoms with Gasteiger partial charge in [0.15, 0.2) is 0 Å². The molecule has 7 nitrogen and oxygen atoms in total. The molecule has 0 saturated carbocycles. The fourth-order valence-electron chi connectivity index (χ4n) is 3.26. The summed E-state index contributed by atoms with van der Waals surface area (Å²) in [6, 6.07) is 8.75. The first-order valence-electron chi connectivity index (χ1n) is 10.6. The van der Waals surface area contributed by atoms with Gasteiger partial charge in [-0.15, -0.1) is 0 Å². The third-order valence-corrected chi connectivity index (χ3v) is 7.14. The van der Waals surface area contributed by atoms with Crippen LogP contribution in [0.3, 0.4) is 0 Å². The Hall–Kier alpha value is -2.00. The van der Waals surface area contributed by atoms with E-state index in [1.54, 1.807) is 44.2 Å². The zero-order chi connectivity index (χ0) is 25.6. The third-order valence-electron chi connectivity index (χ3n) is 5.19. The van der Waals surface area contributed by atoms with Crippen molar-refractivity contribution in [3.05, 3.63) is 62.6 Å². The highest BCUT2D eigenvalue weighted by Gasteiger charge is 2.31. The first-order chi connectivity index (χ1) is 15.8. The molecule has 186 valence electrons. The van der Waals surface area contributed by atoms with E-state index in [1.165, 1.54) is 11.0 Å². The van der Waals surface area contributed by atoms with Crippen molar-refractivity contribution in [2.24, 2.45) is 0 Å². The van der Waals surface area contributed by atoms with Crippen molar-refractivity contribution < 1.29 is 18.0 Å². The average molecular weight is 549 g/mol. The van der Waals surface area contributed by atoms with Gasteiger partial charge in [0.1, 0.15) is 12.6 Å². The minimum absolute atomic E-state index is 0.0122. The maximum Gasteiger partial charge on any atom is 0.244 e. The minimum Gasteiger partial charge on any atom is -0.354 e. The summed E-state index contributed by atoms with van der Waals surface area (Å²) < 4.78 is 26.3. The number of carbonyl (C=O) groups excluding carboxylic acids is 2. The Morgan fingerprint density at radius 2 is 1.68 bits per heavy atom. The summed E-state index contributed by atoms with van der Waals surface area (Å²) in [5.74, 6) is -0.930. The van der Waals surface area contributed by atoms with Crippen molar-refractivity contribution in [3.63, 3.8) is 0 Å². The van der Waals surface area contributed by atoms with E-state index in [0.717, 1.165) is 17.0 Å². The third kappa shape index (κ3) is 7.50. The van der Waals surface area contributed by atoms with E-state index < -0.39 is 28.5 Å². The van der Waals surface area contributed by atoms with Gasteiger partial charge in [-0.2, -0.15) is 0 Å². The van der Waals surface area contributed by atoms with Gasteiger partial charge in [-0.3, -0.25) is 13.9 Å². The highest BCUT2D eigenvalue weighted by Crippen LogP contribution is 2.27. The molecule has 34 heavy (non-hydrogen) atoms. The lowest BCUT2D eigenvalue weighted by atomic mass is 10.1. The molecule has 0 aliphatic rings. The van der Waals surface area contributed by atoms with Crippen LogP contribution >= 0.6 is 34.8 Å². The van der Waals surface area contributed by atoms with Gasteiger partial charge >= 0.3 is 0 Å². The number of benzene rings is 2. The van der Waals surface area contributed by atoms with E-state index in [9.17, 15) is 18.0 Å². The summed E-state index contributed by atoms with van der Waals surface area (Å²) in [6.45, 7) is 5.14. The van der Waals surface area contributed by atoms with Crippen LogP contribution in [0.2, 0.25) is 15.1 Å². The molecule has 2 rings (SSSR count). The lowest BCUT2D eigenvalue weighted by Gasteiger charge is -2.32. The maximum absolute atomic E-state index is 13.5. The summed E-state index contributed by atoms with van der Waals surface area (Å²) in [6.07, 6.45) is 1.74. The number of aryl methyl sites for hydroxylation is 1. The van der Waals surface area contributed by atoms with Crippen LogP contribution in [0.4, 0.5) is 5.69 Å². The van der Waals surface area contributed by atoms with Crippen LogP contribution in [0.25, 0.3) is 0 Å². The second-order valence-corrected chi connectivity index (χ2v) is 11.1. The van der Waals surface area contributed by atoms with Crippen molar-refractivity contribution in [2.45, 2.75) is 39.8 Å². The Labute approximate surface area is 216 Å². The Balaban J connectivity index is 2.45. The topological polar surface area (TPSA) is 86.8 Å². The molecular weight excluding hydrogens is 521 g/mol. The van der Waals surface area contributed by atoms with Crippen molar-refractivity contribution in [3.8, 4) is 0 Å².